The number of nitrogens with one attached hydrogen (secondary N) is 1. The first-order valence-corrected chi connectivity index (χ1v) is 8.68. The lowest BCUT2D eigenvalue weighted by Gasteiger charge is -2.30. The molecule has 2 N–H and O–H groups in total. The fraction of sp³-hybridized carbons (Fsp3) is 0.529. The van der Waals surface area contributed by atoms with E-state index >= 15 is 0 Å². The van der Waals surface area contributed by atoms with E-state index in [4.69, 9.17) is 5.11 Å². The molecule has 1 amide bonds. The maximum atomic E-state index is 14.4. The van der Waals surface area contributed by atoms with E-state index in [0.29, 0.717) is 37.6 Å². The van der Waals surface area contributed by atoms with Crippen molar-refractivity contribution in [2.24, 2.45) is 0 Å². The zero-order valence-electron chi connectivity index (χ0n) is 15.1. The summed E-state index contributed by atoms with van der Waals surface area (Å²) in [6, 6.07) is 0.180. The molecule has 0 radical (unpaired) electrons. The summed E-state index contributed by atoms with van der Waals surface area (Å²) >= 11 is 0. The maximum absolute atomic E-state index is 14.4. The van der Waals surface area contributed by atoms with Gasteiger partial charge in [0.25, 0.3) is 0 Å². The second-order valence-electron chi connectivity index (χ2n) is 6.73. The van der Waals surface area contributed by atoms with Gasteiger partial charge in [-0.15, -0.1) is 0 Å². The standard InChI is InChI=1S/C17H23FN6O2/c1-10(2)24-11(3)19-9-14(24)15-13(18)8-20-16(22-15)21-12-4-6-23(7-5-12)17(25)26/h8-10,12H,4-7H2,1-3H3,(H,25,26)(H,20,21,22). The van der Waals surface area contributed by atoms with Crippen LogP contribution in [0.4, 0.5) is 15.1 Å². The number of hydrogen-bond acceptors (Lipinski definition) is 5. The molecule has 0 unspecified atom stereocenters. The SMILES string of the molecule is Cc1ncc(-c2nc(NC3CCN(C(=O)O)CC3)ncc2F)n1C(C)C. The van der Waals surface area contributed by atoms with Crippen LogP contribution in [0.25, 0.3) is 11.4 Å². The first kappa shape index (κ1) is 18.1. The molecule has 0 aliphatic carbocycles. The van der Waals surface area contributed by atoms with E-state index in [9.17, 15) is 9.18 Å². The summed E-state index contributed by atoms with van der Waals surface area (Å²) in [7, 11) is 0. The van der Waals surface area contributed by atoms with Crippen molar-refractivity contribution in [3.8, 4) is 11.4 Å². The fourth-order valence-electron chi connectivity index (χ4n) is 3.29. The first-order valence-electron chi connectivity index (χ1n) is 8.68. The van der Waals surface area contributed by atoms with E-state index in [2.05, 4.69) is 20.3 Å². The zero-order chi connectivity index (χ0) is 18.8. The number of rotatable bonds is 4. The van der Waals surface area contributed by atoms with Crippen LogP contribution in [-0.4, -0.2) is 54.8 Å². The third-order valence-electron chi connectivity index (χ3n) is 4.58. The van der Waals surface area contributed by atoms with Crippen LogP contribution in [0.15, 0.2) is 12.4 Å². The van der Waals surface area contributed by atoms with Gasteiger partial charge in [-0.3, -0.25) is 0 Å². The quantitative estimate of drug-likeness (QED) is 0.868. The molecular formula is C17H23FN6O2. The number of carboxylic acid groups (broad SMARTS) is 1. The molecule has 0 atom stereocenters. The molecule has 3 rings (SSSR count). The van der Waals surface area contributed by atoms with Gasteiger partial charge in [0.1, 0.15) is 11.5 Å². The Hall–Kier alpha value is -2.71. The Morgan fingerprint density at radius 2 is 2.00 bits per heavy atom. The smallest absolute Gasteiger partial charge is 0.407 e. The van der Waals surface area contributed by atoms with Crippen molar-refractivity contribution in [2.45, 2.75) is 45.7 Å². The normalized spacial score (nSPS) is 15.5. The Balaban J connectivity index is 1.80. The van der Waals surface area contributed by atoms with Crippen LogP contribution in [0.3, 0.4) is 0 Å². The highest BCUT2D eigenvalue weighted by atomic mass is 19.1. The number of aryl methyl sites for hydroxylation is 1. The Bertz CT molecular complexity index is 799. The minimum Gasteiger partial charge on any atom is -0.465 e. The van der Waals surface area contributed by atoms with Gasteiger partial charge in [-0.2, -0.15) is 0 Å². The van der Waals surface area contributed by atoms with Crippen molar-refractivity contribution >= 4 is 12.0 Å². The van der Waals surface area contributed by atoms with Crippen LogP contribution in [0.5, 0.6) is 0 Å². The molecule has 0 aromatic carbocycles. The van der Waals surface area contributed by atoms with Gasteiger partial charge < -0.3 is 19.9 Å². The predicted molar refractivity (Wildman–Crippen MR) is 94.6 cm³/mol. The second kappa shape index (κ2) is 7.27. The molecule has 1 aliphatic heterocycles. The van der Waals surface area contributed by atoms with Crippen molar-refractivity contribution in [3.05, 3.63) is 24.0 Å². The van der Waals surface area contributed by atoms with E-state index in [0.717, 1.165) is 12.0 Å². The number of carbonyl (C=O) groups is 1. The predicted octanol–water partition coefficient (Wildman–Crippen LogP) is 2.92. The highest BCUT2D eigenvalue weighted by molar-refractivity contribution is 5.65. The molecule has 9 heteroatoms. The minimum atomic E-state index is -0.902. The summed E-state index contributed by atoms with van der Waals surface area (Å²) in [5.74, 6) is 0.631. The van der Waals surface area contributed by atoms with Gasteiger partial charge >= 0.3 is 6.09 Å². The molecular weight excluding hydrogens is 339 g/mol. The van der Waals surface area contributed by atoms with Crippen LogP contribution in [0.1, 0.15) is 38.6 Å². The lowest BCUT2D eigenvalue weighted by molar-refractivity contribution is 0.133. The molecule has 0 saturated carbocycles. The Morgan fingerprint density at radius 3 is 2.62 bits per heavy atom. The number of amides is 1. The number of hydrogen-bond donors (Lipinski definition) is 2. The molecule has 2 aromatic heterocycles. The molecule has 1 aliphatic rings. The van der Waals surface area contributed by atoms with E-state index in [1.54, 1.807) is 6.20 Å². The summed E-state index contributed by atoms with van der Waals surface area (Å²) in [5, 5.41) is 12.2. The van der Waals surface area contributed by atoms with Gasteiger partial charge in [0.05, 0.1) is 18.1 Å². The van der Waals surface area contributed by atoms with Crippen LogP contribution in [0, 0.1) is 12.7 Å². The molecule has 1 saturated heterocycles. The average Bonchev–Trinajstić information content (AvgIpc) is 2.98. The Morgan fingerprint density at radius 1 is 1.31 bits per heavy atom. The second-order valence-corrected chi connectivity index (χ2v) is 6.73. The van der Waals surface area contributed by atoms with Gasteiger partial charge in [-0.05, 0) is 33.6 Å². The zero-order valence-corrected chi connectivity index (χ0v) is 15.1. The van der Waals surface area contributed by atoms with Crippen LogP contribution < -0.4 is 5.32 Å². The average molecular weight is 362 g/mol. The summed E-state index contributed by atoms with van der Waals surface area (Å²) in [5.41, 5.74) is 0.820. The highest BCUT2D eigenvalue weighted by Crippen LogP contribution is 2.26. The van der Waals surface area contributed by atoms with E-state index in [1.807, 2.05) is 25.3 Å². The molecule has 3 heterocycles. The number of anilines is 1. The number of piperidine rings is 1. The molecule has 140 valence electrons. The van der Waals surface area contributed by atoms with Gasteiger partial charge in [0.15, 0.2) is 5.82 Å². The summed E-state index contributed by atoms with van der Waals surface area (Å²) < 4.78 is 16.3. The monoisotopic (exact) mass is 362 g/mol. The molecule has 2 aromatic rings. The molecule has 8 nitrogen and oxygen atoms in total. The topological polar surface area (TPSA) is 96.2 Å². The first-order chi connectivity index (χ1) is 12.4. The van der Waals surface area contributed by atoms with Crippen LogP contribution in [-0.2, 0) is 0 Å². The van der Waals surface area contributed by atoms with E-state index in [-0.39, 0.29) is 17.8 Å². The van der Waals surface area contributed by atoms with Crippen molar-refractivity contribution in [1.82, 2.24) is 24.4 Å². The molecule has 1 fully saturated rings. The minimum absolute atomic E-state index is 0.0562. The lowest BCUT2D eigenvalue weighted by atomic mass is 10.1. The van der Waals surface area contributed by atoms with Crippen molar-refractivity contribution in [3.63, 3.8) is 0 Å². The van der Waals surface area contributed by atoms with Gasteiger partial charge in [0.2, 0.25) is 5.95 Å². The Kier molecular flexibility index (Phi) is 5.06. The number of nitrogens with zero attached hydrogens (tertiary/aromatic N) is 5. The van der Waals surface area contributed by atoms with Gasteiger partial charge in [-0.1, -0.05) is 0 Å². The highest BCUT2D eigenvalue weighted by Gasteiger charge is 2.23. The third-order valence-corrected chi connectivity index (χ3v) is 4.58. The summed E-state index contributed by atoms with van der Waals surface area (Å²) in [6.07, 6.45) is 3.19. The summed E-state index contributed by atoms with van der Waals surface area (Å²) in [6.45, 7) is 6.80. The number of aromatic nitrogens is 4. The number of halogens is 1. The number of likely N-dealkylation sites (tertiary alicyclic amines) is 1. The number of imidazole rings is 1. The van der Waals surface area contributed by atoms with Crippen LogP contribution >= 0.6 is 0 Å². The van der Waals surface area contributed by atoms with Gasteiger partial charge in [0, 0.05) is 25.2 Å². The van der Waals surface area contributed by atoms with Gasteiger partial charge in [-0.25, -0.2) is 24.1 Å². The van der Waals surface area contributed by atoms with Crippen molar-refractivity contribution in [2.75, 3.05) is 18.4 Å². The fourth-order valence-corrected chi connectivity index (χ4v) is 3.29. The molecule has 26 heavy (non-hydrogen) atoms. The molecule has 0 spiro atoms. The van der Waals surface area contributed by atoms with E-state index in [1.165, 1.54) is 4.90 Å². The van der Waals surface area contributed by atoms with E-state index < -0.39 is 11.9 Å². The van der Waals surface area contributed by atoms with Crippen molar-refractivity contribution in [1.29, 1.82) is 0 Å². The lowest BCUT2D eigenvalue weighted by Crippen LogP contribution is -2.41. The largest absolute Gasteiger partial charge is 0.465 e. The molecule has 0 bridgehead atoms. The van der Waals surface area contributed by atoms with Crippen LogP contribution in [0.2, 0.25) is 0 Å². The van der Waals surface area contributed by atoms with Crippen molar-refractivity contribution < 1.29 is 14.3 Å². The Labute approximate surface area is 151 Å². The third kappa shape index (κ3) is 3.61. The summed E-state index contributed by atoms with van der Waals surface area (Å²) in [4.78, 5) is 25.0. The maximum Gasteiger partial charge on any atom is 0.407 e.